The number of thiophene rings is 1. The van der Waals surface area contributed by atoms with Gasteiger partial charge in [-0.1, -0.05) is 0 Å². The number of hydrogen-bond acceptors (Lipinski definition) is 5. The smallest absolute Gasteiger partial charge is 0.263 e. The van der Waals surface area contributed by atoms with E-state index in [1.54, 1.807) is 12.3 Å². The number of terminal acetylenes is 1. The molecule has 0 atom stereocenters. The number of carbonyl (C=O) groups excluding carboxylic acids is 1. The van der Waals surface area contributed by atoms with Crippen LogP contribution >= 0.6 is 11.3 Å². The Labute approximate surface area is 102 Å². The van der Waals surface area contributed by atoms with Gasteiger partial charge in [0, 0.05) is 18.4 Å². The molecule has 17 heavy (non-hydrogen) atoms. The Balaban J connectivity index is 2.27. The molecule has 86 valence electrons. The summed E-state index contributed by atoms with van der Waals surface area (Å²) >= 11 is 1.23. The summed E-state index contributed by atoms with van der Waals surface area (Å²) < 4.78 is 0. The fraction of sp³-hybridized carbons (Fsp3) is 0.182. The Kier molecular flexibility index (Phi) is 3.21. The number of aromatic nitrogens is 2. The van der Waals surface area contributed by atoms with Crippen molar-refractivity contribution in [3.8, 4) is 12.3 Å². The quantitative estimate of drug-likeness (QED) is 0.626. The number of carbonyl (C=O) groups is 1. The zero-order valence-corrected chi connectivity index (χ0v) is 9.75. The van der Waals surface area contributed by atoms with Gasteiger partial charge >= 0.3 is 0 Å². The molecule has 2 heterocycles. The molecule has 5 nitrogen and oxygen atoms in total. The lowest BCUT2D eigenvalue weighted by molar-refractivity contribution is 0.0959. The van der Waals surface area contributed by atoms with Crippen LogP contribution in [0.15, 0.2) is 12.3 Å². The SMILES string of the molecule is C#CCCNC(=O)c1sc2nnccc2c1N. The van der Waals surface area contributed by atoms with Gasteiger partial charge in [-0.05, 0) is 6.07 Å². The van der Waals surface area contributed by atoms with Crippen molar-refractivity contribution in [3.05, 3.63) is 17.1 Å². The minimum atomic E-state index is -0.222. The van der Waals surface area contributed by atoms with Gasteiger partial charge in [-0.3, -0.25) is 4.79 Å². The van der Waals surface area contributed by atoms with Gasteiger partial charge in [0.25, 0.3) is 5.91 Å². The van der Waals surface area contributed by atoms with Crippen LogP contribution in [0.25, 0.3) is 10.2 Å². The van der Waals surface area contributed by atoms with Crippen LogP contribution in [-0.4, -0.2) is 22.6 Å². The number of anilines is 1. The van der Waals surface area contributed by atoms with Crippen molar-refractivity contribution in [2.45, 2.75) is 6.42 Å². The van der Waals surface area contributed by atoms with E-state index >= 15 is 0 Å². The normalized spacial score (nSPS) is 10.1. The first-order valence-electron chi connectivity index (χ1n) is 4.95. The number of fused-ring (bicyclic) bond motifs is 1. The fourth-order valence-electron chi connectivity index (χ4n) is 1.37. The Morgan fingerprint density at radius 2 is 2.47 bits per heavy atom. The number of nitrogens with two attached hydrogens (primary N) is 1. The molecular formula is C11H10N4OS. The third-order valence-electron chi connectivity index (χ3n) is 2.18. The molecule has 0 saturated carbocycles. The van der Waals surface area contributed by atoms with Crippen molar-refractivity contribution >= 4 is 33.1 Å². The molecule has 2 aromatic rings. The van der Waals surface area contributed by atoms with E-state index < -0.39 is 0 Å². The van der Waals surface area contributed by atoms with Crippen LogP contribution in [0.1, 0.15) is 16.1 Å². The highest BCUT2D eigenvalue weighted by Crippen LogP contribution is 2.31. The molecule has 1 amide bonds. The van der Waals surface area contributed by atoms with Crippen LogP contribution < -0.4 is 11.1 Å². The standard InChI is InChI=1S/C11H10N4OS/c1-2-3-5-13-10(16)9-8(12)7-4-6-14-15-11(7)17-9/h1,4,6H,3,5,12H2,(H,13,16). The van der Waals surface area contributed by atoms with E-state index in [9.17, 15) is 4.79 Å². The Morgan fingerprint density at radius 1 is 1.65 bits per heavy atom. The van der Waals surface area contributed by atoms with E-state index in [-0.39, 0.29) is 5.91 Å². The molecule has 0 aliphatic carbocycles. The Morgan fingerprint density at radius 3 is 3.18 bits per heavy atom. The van der Waals surface area contributed by atoms with Crippen LogP contribution in [0, 0.1) is 12.3 Å². The molecule has 0 radical (unpaired) electrons. The molecule has 0 spiro atoms. The summed E-state index contributed by atoms with van der Waals surface area (Å²) in [5.74, 6) is 2.23. The Hall–Kier alpha value is -2.13. The number of hydrogen-bond donors (Lipinski definition) is 2. The summed E-state index contributed by atoms with van der Waals surface area (Å²) in [5.41, 5.74) is 6.33. The first kappa shape index (κ1) is 11.4. The van der Waals surface area contributed by atoms with Gasteiger partial charge in [0.2, 0.25) is 0 Å². The van der Waals surface area contributed by atoms with Gasteiger partial charge in [0.1, 0.15) is 9.71 Å². The predicted octanol–water partition coefficient (Wildman–Crippen LogP) is 1.03. The zero-order chi connectivity index (χ0) is 12.3. The van der Waals surface area contributed by atoms with Crippen molar-refractivity contribution in [1.29, 1.82) is 0 Å². The average molecular weight is 246 g/mol. The van der Waals surface area contributed by atoms with Gasteiger partial charge in [-0.15, -0.1) is 28.8 Å². The number of rotatable bonds is 3. The molecule has 0 unspecified atom stereocenters. The van der Waals surface area contributed by atoms with Gasteiger partial charge in [0.15, 0.2) is 0 Å². The number of nitrogens with one attached hydrogen (secondary N) is 1. The maximum atomic E-state index is 11.8. The van der Waals surface area contributed by atoms with E-state index in [1.807, 2.05) is 0 Å². The molecule has 0 fully saturated rings. The summed E-state index contributed by atoms with van der Waals surface area (Å²) in [4.78, 5) is 12.9. The summed E-state index contributed by atoms with van der Waals surface area (Å²) in [6.07, 6.45) is 7.15. The van der Waals surface area contributed by atoms with Crippen molar-refractivity contribution in [2.24, 2.45) is 0 Å². The topological polar surface area (TPSA) is 80.9 Å². The highest BCUT2D eigenvalue weighted by atomic mass is 32.1. The summed E-state index contributed by atoms with van der Waals surface area (Å²) in [6, 6.07) is 1.74. The molecule has 3 N–H and O–H groups in total. The van der Waals surface area contributed by atoms with Crippen LogP contribution in [-0.2, 0) is 0 Å². The van der Waals surface area contributed by atoms with Crippen molar-refractivity contribution in [2.75, 3.05) is 12.3 Å². The van der Waals surface area contributed by atoms with Crippen LogP contribution in [0.3, 0.4) is 0 Å². The molecular weight excluding hydrogens is 236 g/mol. The Bertz CT molecular complexity index is 599. The van der Waals surface area contributed by atoms with Crippen molar-refractivity contribution in [3.63, 3.8) is 0 Å². The monoisotopic (exact) mass is 246 g/mol. The van der Waals surface area contributed by atoms with Gasteiger partial charge in [-0.2, -0.15) is 5.10 Å². The zero-order valence-electron chi connectivity index (χ0n) is 8.93. The molecule has 0 saturated heterocycles. The average Bonchev–Trinajstić information content (AvgIpc) is 2.68. The minimum Gasteiger partial charge on any atom is -0.397 e. The van der Waals surface area contributed by atoms with E-state index in [0.29, 0.717) is 28.4 Å². The molecule has 2 aromatic heterocycles. The van der Waals surface area contributed by atoms with Gasteiger partial charge in [0.05, 0.1) is 11.9 Å². The minimum absolute atomic E-state index is 0.222. The van der Waals surface area contributed by atoms with Crippen LogP contribution in [0.2, 0.25) is 0 Å². The number of nitrogens with zero attached hydrogens (tertiary/aromatic N) is 2. The van der Waals surface area contributed by atoms with Crippen molar-refractivity contribution in [1.82, 2.24) is 15.5 Å². The van der Waals surface area contributed by atoms with Crippen molar-refractivity contribution < 1.29 is 4.79 Å². The first-order chi connectivity index (χ1) is 8.24. The van der Waals surface area contributed by atoms with Gasteiger partial charge < -0.3 is 11.1 Å². The van der Waals surface area contributed by atoms with Crippen LogP contribution in [0.5, 0.6) is 0 Å². The highest BCUT2D eigenvalue weighted by molar-refractivity contribution is 7.21. The maximum Gasteiger partial charge on any atom is 0.263 e. The molecule has 2 rings (SSSR count). The lowest BCUT2D eigenvalue weighted by Crippen LogP contribution is -2.23. The van der Waals surface area contributed by atoms with Gasteiger partial charge in [-0.25, -0.2) is 0 Å². The summed E-state index contributed by atoms with van der Waals surface area (Å²) in [6.45, 7) is 0.439. The summed E-state index contributed by atoms with van der Waals surface area (Å²) in [5, 5.41) is 11.1. The van der Waals surface area contributed by atoms with E-state index in [2.05, 4.69) is 21.4 Å². The third kappa shape index (κ3) is 2.19. The third-order valence-corrected chi connectivity index (χ3v) is 3.29. The number of nitrogen functional groups attached to an aromatic ring is 1. The second kappa shape index (κ2) is 4.80. The second-order valence-electron chi connectivity index (χ2n) is 3.30. The largest absolute Gasteiger partial charge is 0.397 e. The lowest BCUT2D eigenvalue weighted by atomic mass is 10.3. The first-order valence-corrected chi connectivity index (χ1v) is 5.77. The molecule has 0 aliphatic heterocycles. The van der Waals surface area contributed by atoms with Crippen LogP contribution in [0.4, 0.5) is 5.69 Å². The summed E-state index contributed by atoms with van der Waals surface area (Å²) in [7, 11) is 0. The highest BCUT2D eigenvalue weighted by Gasteiger charge is 2.16. The lowest BCUT2D eigenvalue weighted by Gasteiger charge is -2.00. The second-order valence-corrected chi connectivity index (χ2v) is 4.30. The van der Waals surface area contributed by atoms with E-state index in [0.717, 1.165) is 5.39 Å². The van der Waals surface area contributed by atoms with E-state index in [1.165, 1.54) is 11.3 Å². The fourth-order valence-corrected chi connectivity index (χ4v) is 2.32. The molecule has 0 aliphatic rings. The number of amides is 1. The molecule has 0 bridgehead atoms. The molecule has 6 heteroatoms. The molecule has 0 aromatic carbocycles. The predicted molar refractivity (Wildman–Crippen MR) is 67.6 cm³/mol. The van der Waals surface area contributed by atoms with E-state index in [4.69, 9.17) is 12.2 Å². The maximum absolute atomic E-state index is 11.8.